The van der Waals surface area contributed by atoms with Crippen molar-refractivity contribution in [3.05, 3.63) is 69.5 Å². The van der Waals surface area contributed by atoms with Crippen LogP contribution in [-0.2, 0) is 6.42 Å². The number of hydrogen-bond acceptors (Lipinski definition) is 0. The highest BCUT2D eigenvalue weighted by Crippen LogP contribution is 2.34. The zero-order valence-electron chi connectivity index (χ0n) is 10.6. The van der Waals surface area contributed by atoms with Crippen LogP contribution in [0.5, 0.6) is 0 Å². The van der Waals surface area contributed by atoms with E-state index in [0.29, 0.717) is 22.6 Å². The van der Waals surface area contributed by atoms with Crippen LogP contribution in [0.4, 0.5) is 13.2 Å². The van der Waals surface area contributed by atoms with Crippen molar-refractivity contribution in [3.8, 4) is 0 Å². The van der Waals surface area contributed by atoms with Gasteiger partial charge in [0.25, 0.3) is 0 Å². The van der Waals surface area contributed by atoms with Gasteiger partial charge < -0.3 is 0 Å². The van der Waals surface area contributed by atoms with Gasteiger partial charge in [0.1, 0.15) is 5.82 Å². The van der Waals surface area contributed by atoms with E-state index in [1.165, 1.54) is 12.1 Å². The van der Waals surface area contributed by atoms with Crippen LogP contribution in [0, 0.1) is 24.4 Å². The largest absolute Gasteiger partial charge is 0.207 e. The van der Waals surface area contributed by atoms with Crippen LogP contribution < -0.4 is 0 Å². The highest BCUT2D eigenvalue weighted by molar-refractivity contribution is 9.09. The van der Waals surface area contributed by atoms with Gasteiger partial charge >= 0.3 is 0 Å². The first-order valence-corrected chi connectivity index (χ1v) is 7.21. The first-order chi connectivity index (χ1) is 9.38. The number of halogens is 5. The molecule has 1 atom stereocenters. The van der Waals surface area contributed by atoms with E-state index in [0.717, 1.165) is 17.7 Å². The molecule has 2 aromatic carbocycles. The second-order valence-corrected chi connectivity index (χ2v) is 6.06. The lowest BCUT2D eigenvalue weighted by Crippen LogP contribution is -1.99. The van der Waals surface area contributed by atoms with Gasteiger partial charge in [0.05, 0.1) is 0 Å². The minimum atomic E-state index is -0.886. The summed E-state index contributed by atoms with van der Waals surface area (Å²) in [5.74, 6) is -2.13. The van der Waals surface area contributed by atoms with E-state index in [4.69, 9.17) is 11.6 Å². The lowest BCUT2D eigenvalue weighted by atomic mass is 10.0. The van der Waals surface area contributed by atoms with Crippen LogP contribution in [0.1, 0.15) is 21.5 Å². The number of hydrogen-bond donors (Lipinski definition) is 0. The maximum atomic E-state index is 13.4. The molecule has 0 aliphatic heterocycles. The average Bonchev–Trinajstić information content (AvgIpc) is 2.38. The molecule has 0 aliphatic rings. The van der Waals surface area contributed by atoms with Gasteiger partial charge in [0.15, 0.2) is 11.6 Å². The molecule has 2 rings (SSSR count). The van der Waals surface area contributed by atoms with E-state index >= 15 is 0 Å². The monoisotopic (exact) mass is 362 g/mol. The smallest absolute Gasteiger partial charge is 0.159 e. The molecule has 0 N–H and O–H groups in total. The molecule has 0 spiro atoms. The molecule has 0 heterocycles. The van der Waals surface area contributed by atoms with Crippen molar-refractivity contribution in [2.75, 3.05) is 0 Å². The maximum Gasteiger partial charge on any atom is 0.159 e. The summed E-state index contributed by atoms with van der Waals surface area (Å²) in [4.78, 5) is -0.209. The quantitative estimate of drug-likeness (QED) is 0.610. The topological polar surface area (TPSA) is 0 Å². The fourth-order valence-electron chi connectivity index (χ4n) is 1.90. The van der Waals surface area contributed by atoms with Crippen LogP contribution in [0.15, 0.2) is 30.3 Å². The van der Waals surface area contributed by atoms with Crippen molar-refractivity contribution in [1.82, 2.24) is 0 Å². The van der Waals surface area contributed by atoms with Crippen LogP contribution in [0.25, 0.3) is 0 Å². The average molecular weight is 364 g/mol. The van der Waals surface area contributed by atoms with Crippen LogP contribution >= 0.6 is 27.5 Å². The van der Waals surface area contributed by atoms with Crippen LogP contribution in [0.2, 0.25) is 5.02 Å². The summed E-state index contributed by atoms with van der Waals surface area (Å²) >= 11 is 9.47. The summed E-state index contributed by atoms with van der Waals surface area (Å²) in [5, 5.41) is 0.303. The predicted octanol–water partition coefficient (Wildman–Crippen LogP) is 5.74. The van der Waals surface area contributed by atoms with Crippen molar-refractivity contribution >= 4 is 27.5 Å². The van der Waals surface area contributed by atoms with Crippen molar-refractivity contribution in [1.29, 1.82) is 0 Å². The Morgan fingerprint density at radius 1 is 1.05 bits per heavy atom. The van der Waals surface area contributed by atoms with Gasteiger partial charge in [-0.1, -0.05) is 39.7 Å². The number of rotatable bonds is 3. The fraction of sp³-hybridized carbons (Fsp3) is 0.200. The summed E-state index contributed by atoms with van der Waals surface area (Å²) < 4.78 is 39.4. The lowest BCUT2D eigenvalue weighted by Gasteiger charge is -2.14. The van der Waals surface area contributed by atoms with Gasteiger partial charge in [0.2, 0.25) is 0 Å². The molecular formula is C15H11BrClF3. The Balaban J connectivity index is 2.25. The van der Waals surface area contributed by atoms with Gasteiger partial charge in [-0.15, -0.1) is 0 Å². The second-order valence-electron chi connectivity index (χ2n) is 4.54. The third kappa shape index (κ3) is 3.36. The zero-order chi connectivity index (χ0) is 14.9. The molecule has 0 aromatic heterocycles. The Kier molecular flexibility index (Phi) is 4.76. The lowest BCUT2D eigenvalue weighted by molar-refractivity contribution is 0.507. The van der Waals surface area contributed by atoms with E-state index in [2.05, 4.69) is 15.9 Å². The fourth-order valence-corrected chi connectivity index (χ4v) is 3.07. The molecule has 2 aromatic rings. The van der Waals surface area contributed by atoms with Gasteiger partial charge in [-0.3, -0.25) is 0 Å². The maximum absolute atomic E-state index is 13.4. The third-order valence-corrected chi connectivity index (χ3v) is 4.16. The Bertz CT molecular complexity index is 643. The minimum absolute atomic E-state index is 0.209. The summed E-state index contributed by atoms with van der Waals surface area (Å²) in [6.07, 6.45) is 0.419. The normalized spacial score (nSPS) is 12.5. The molecule has 0 amide bonds. The van der Waals surface area contributed by atoms with Gasteiger partial charge in [-0.2, -0.15) is 0 Å². The molecule has 0 radical (unpaired) electrons. The molecule has 106 valence electrons. The van der Waals surface area contributed by atoms with Gasteiger partial charge in [-0.05, 0) is 48.2 Å². The molecule has 0 bridgehead atoms. The second kappa shape index (κ2) is 6.19. The Hall–Kier alpha value is -1.00. The molecular weight excluding hydrogens is 353 g/mol. The Morgan fingerprint density at radius 2 is 1.75 bits per heavy atom. The third-order valence-electron chi connectivity index (χ3n) is 3.01. The SMILES string of the molecule is Cc1cc(C(Br)Cc2ccc(F)c(F)c2)c(Cl)cc1F. The highest BCUT2D eigenvalue weighted by atomic mass is 79.9. The van der Waals surface area contributed by atoms with E-state index in [1.54, 1.807) is 13.0 Å². The van der Waals surface area contributed by atoms with Gasteiger partial charge in [-0.25, -0.2) is 13.2 Å². The standard InChI is InChI=1S/C15H11BrClF3/c1-8-4-10(12(17)7-14(8)19)11(16)5-9-2-3-13(18)15(20)6-9/h2-4,6-7,11H,5H2,1H3. The van der Waals surface area contributed by atoms with E-state index in [9.17, 15) is 13.2 Å². The summed E-state index contributed by atoms with van der Waals surface area (Å²) in [6.45, 7) is 1.65. The van der Waals surface area contributed by atoms with Crippen molar-refractivity contribution in [2.24, 2.45) is 0 Å². The van der Waals surface area contributed by atoms with E-state index < -0.39 is 11.6 Å². The Morgan fingerprint density at radius 3 is 2.40 bits per heavy atom. The predicted molar refractivity (Wildman–Crippen MR) is 77.9 cm³/mol. The molecule has 5 heteroatoms. The molecule has 0 aliphatic carbocycles. The van der Waals surface area contributed by atoms with E-state index in [1.807, 2.05) is 0 Å². The zero-order valence-corrected chi connectivity index (χ0v) is 12.9. The van der Waals surface area contributed by atoms with Crippen molar-refractivity contribution in [3.63, 3.8) is 0 Å². The highest BCUT2D eigenvalue weighted by Gasteiger charge is 2.15. The number of alkyl halides is 1. The first kappa shape index (κ1) is 15.4. The minimum Gasteiger partial charge on any atom is -0.207 e. The summed E-state index contributed by atoms with van der Waals surface area (Å²) in [5.41, 5.74) is 1.83. The Labute approximate surface area is 128 Å². The van der Waals surface area contributed by atoms with E-state index in [-0.39, 0.29) is 10.6 Å². The molecule has 20 heavy (non-hydrogen) atoms. The molecule has 0 nitrogen and oxygen atoms in total. The number of benzene rings is 2. The van der Waals surface area contributed by atoms with Crippen molar-refractivity contribution in [2.45, 2.75) is 18.2 Å². The van der Waals surface area contributed by atoms with Crippen molar-refractivity contribution < 1.29 is 13.2 Å². The molecule has 1 unspecified atom stereocenters. The molecule has 0 saturated carbocycles. The summed E-state index contributed by atoms with van der Waals surface area (Å²) in [7, 11) is 0. The van der Waals surface area contributed by atoms with Crippen LogP contribution in [-0.4, -0.2) is 0 Å². The van der Waals surface area contributed by atoms with Crippen LogP contribution in [0.3, 0.4) is 0 Å². The van der Waals surface area contributed by atoms with Gasteiger partial charge in [0, 0.05) is 9.85 Å². The number of aryl methyl sites for hydroxylation is 1. The molecule has 0 fully saturated rings. The molecule has 0 saturated heterocycles. The summed E-state index contributed by atoms with van der Waals surface area (Å²) in [6, 6.07) is 6.65. The first-order valence-electron chi connectivity index (χ1n) is 5.92.